The van der Waals surface area contributed by atoms with Gasteiger partial charge in [0.2, 0.25) is 11.9 Å². The molecule has 0 aliphatic carbocycles. The fraction of sp³-hybridized carbons (Fsp3) is 0.440. The summed E-state index contributed by atoms with van der Waals surface area (Å²) in [5, 5.41) is 10.5. The molecule has 0 saturated carbocycles. The molecular formula is C25H33N11O2. The van der Waals surface area contributed by atoms with Gasteiger partial charge in [0.1, 0.15) is 23.0 Å². The predicted octanol–water partition coefficient (Wildman–Crippen LogP) is 2.17. The second-order valence-corrected chi connectivity index (χ2v) is 9.48. The number of H-pyrrole nitrogens is 1. The van der Waals surface area contributed by atoms with Crippen molar-refractivity contribution in [3.8, 4) is 17.1 Å². The van der Waals surface area contributed by atoms with Gasteiger partial charge in [0, 0.05) is 51.2 Å². The average molecular weight is 520 g/mol. The number of likely N-dealkylation sites (N-methyl/N-ethyl adjacent to an activating group) is 1. The van der Waals surface area contributed by atoms with Gasteiger partial charge in [-0.15, -0.1) is 5.10 Å². The Kier molecular flexibility index (Phi) is 7.20. The van der Waals surface area contributed by atoms with Crippen LogP contribution in [0.15, 0.2) is 24.9 Å². The molecule has 13 heteroatoms. The highest BCUT2D eigenvalue weighted by Gasteiger charge is 2.28. The largest absolute Gasteiger partial charge is 0.478 e. The van der Waals surface area contributed by atoms with E-state index in [2.05, 4.69) is 52.5 Å². The number of aromatic nitrogens is 7. The molecule has 1 fully saturated rings. The SMILES string of the molecule is CC[C@@H](C(=O)Nc1ncnc2c(-c3nc(Nc4cn(C)nc4OC)ncc3C)c[nH]c12)N1CCN(C)CC1. The van der Waals surface area contributed by atoms with E-state index in [0.29, 0.717) is 40.1 Å². The quantitative estimate of drug-likeness (QED) is 0.317. The number of nitrogens with one attached hydrogen (secondary N) is 3. The number of carbonyl (C=O) groups is 1. The molecule has 200 valence electrons. The third-order valence-corrected chi connectivity index (χ3v) is 6.83. The lowest BCUT2D eigenvalue weighted by Crippen LogP contribution is -2.52. The molecule has 4 aromatic heterocycles. The van der Waals surface area contributed by atoms with Gasteiger partial charge in [-0.05, 0) is 26.0 Å². The summed E-state index contributed by atoms with van der Waals surface area (Å²) in [7, 11) is 5.47. The molecule has 1 aliphatic heterocycles. The van der Waals surface area contributed by atoms with Crippen molar-refractivity contribution in [3.63, 3.8) is 0 Å². The van der Waals surface area contributed by atoms with Gasteiger partial charge in [-0.2, -0.15) is 0 Å². The van der Waals surface area contributed by atoms with Gasteiger partial charge in [0.25, 0.3) is 5.88 Å². The number of aromatic amines is 1. The van der Waals surface area contributed by atoms with Crippen LogP contribution in [0.2, 0.25) is 0 Å². The molecule has 3 N–H and O–H groups in total. The summed E-state index contributed by atoms with van der Waals surface area (Å²) in [6, 6.07) is -0.217. The van der Waals surface area contributed by atoms with Gasteiger partial charge in [-0.3, -0.25) is 14.4 Å². The first-order valence-corrected chi connectivity index (χ1v) is 12.6. The molecule has 4 aromatic rings. The Morgan fingerprint density at radius 1 is 1.18 bits per heavy atom. The summed E-state index contributed by atoms with van der Waals surface area (Å²) >= 11 is 0. The zero-order valence-electron chi connectivity index (χ0n) is 22.3. The molecule has 1 aliphatic rings. The van der Waals surface area contributed by atoms with Gasteiger partial charge in [0.15, 0.2) is 5.82 Å². The number of fused-ring (bicyclic) bond motifs is 1. The van der Waals surface area contributed by atoms with Crippen LogP contribution in [0.3, 0.4) is 0 Å². The van der Waals surface area contributed by atoms with E-state index in [1.807, 2.05) is 27.1 Å². The first kappa shape index (κ1) is 25.5. The molecular weight excluding hydrogens is 486 g/mol. The average Bonchev–Trinajstić information content (AvgIpc) is 3.50. The number of methoxy groups -OCH3 is 1. The number of anilines is 3. The van der Waals surface area contributed by atoms with Gasteiger partial charge in [-0.1, -0.05) is 6.92 Å². The first-order chi connectivity index (χ1) is 18.4. The van der Waals surface area contributed by atoms with E-state index in [4.69, 9.17) is 9.72 Å². The van der Waals surface area contributed by atoms with E-state index in [1.54, 1.807) is 24.2 Å². The maximum absolute atomic E-state index is 13.3. The fourth-order valence-corrected chi connectivity index (χ4v) is 4.76. The Hall–Kier alpha value is -4.10. The standard InChI is InChI=1S/C25H33N11O2/c1-6-18(36-9-7-34(3)8-10-36)23(37)32-22-21-20(28-14-29-22)16(12-26-21)19-15(2)11-27-25(31-19)30-17-13-35(4)33-24(17)38-5/h11-14,18,26H,6-10H2,1-5H3,(H,27,30,31)(H,28,29,32,37)/t18-/m0/s1. The van der Waals surface area contributed by atoms with Crippen LogP contribution in [-0.4, -0.2) is 96.8 Å². The lowest BCUT2D eigenvalue weighted by atomic mass is 10.1. The maximum Gasteiger partial charge on any atom is 0.256 e. The number of hydrogen-bond donors (Lipinski definition) is 3. The smallest absolute Gasteiger partial charge is 0.256 e. The Morgan fingerprint density at radius 3 is 2.71 bits per heavy atom. The number of piperazine rings is 1. The minimum atomic E-state index is -0.217. The van der Waals surface area contributed by atoms with Crippen molar-refractivity contribution in [3.05, 3.63) is 30.5 Å². The normalized spacial score (nSPS) is 15.5. The van der Waals surface area contributed by atoms with Crippen LogP contribution in [0.1, 0.15) is 18.9 Å². The van der Waals surface area contributed by atoms with Crippen LogP contribution in [0, 0.1) is 6.92 Å². The monoisotopic (exact) mass is 519 g/mol. The van der Waals surface area contributed by atoms with Crippen LogP contribution in [0.5, 0.6) is 5.88 Å². The van der Waals surface area contributed by atoms with E-state index < -0.39 is 0 Å². The first-order valence-electron chi connectivity index (χ1n) is 12.6. The fourth-order valence-electron chi connectivity index (χ4n) is 4.76. The van der Waals surface area contributed by atoms with Crippen LogP contribution in [0.4, 0.5) is 17.5 Å². The molecule has 38 heavy (non-hydrogen) atoms. The van der Waals surface area contributed by atoms with Crippen molar-refractivity contribution >= 4 is 34.4 Å². The Labute approximate surface area is 220 Å². The van der Waals surface area contributed by atoms with E-state index in [9.17, 15) is 4.79 Å². The summed E-state index contributed by atoms with van der Waals surface area (Å²) in [6.45, 7) is 7.60. The molecule has 0 bridgehead atoms. The Morgan fingerprint density at radius 2 is 1.97 bits per heavy atom. The molecule has 0 unspecified atom stereocenters. The molecule has 5 rings (SSSR count). The molecule has 0 spiro atoms. The van der Waals surface area contributed by atoms with E-state index >= 15 is 0 Å². The van der Waals surface area contributed by atoms with Crippen LogP contribution < -0.4 is 15.4 Å². The second kappa shape index (κ2) is 10.7. The molecule has 1 saturated heterocycles. The molecule has 13 nitrogen and oxygen atoms in total. The van der Waals surface area contributed by atoms with Crippen molar-refractivity contribution in [1.29, 1.82) is 0 Å². The lowest BCUT2D eigenvalue weighted by Gasteiger charge is -2.36. The number of carbonyl (C=O) groups excluding carboxylic acids is 1. The Bertz CT molecular complexity index is 1440. The minimum Gasteiger partial charge on any atom is -0.478 e. The van der Waals surface area contributed by atoms with Gasteiger partial charge < -0.3 is 25.3 Å². The zero-order chi connectivity index (χ0) is 26.8. The van der Waals surface area contributed by atoms with E-state index in [-0.39, 0.29) is 11.9 Å². The number of nitrogens with zero attached hydrogens (tertiary/aromatic N) is 8. The van der Waals surface area contributed by atoms with Crippen LogP contribution in [-0.2, 0) is 11.8 Å². The predicted molar refractivity (Wildman–Crippen MR) is 144 cm³/mol. The molecule has 1 amide bonds. The van der Waals surface area contributed by atoms with E-state index in [1.165, 1.54) is 6.33 Å². The number of aryl methyl sites for hydroxylation is 2. The van der Waals surface area contributed by atoms with Crippen molar-refractivity contribution in [2.45, 2.75) is 26.3 Å². The third kappa shape index (κ3) is 5.02. The van der Waals surface area contributed by atoms with Crippen molar-refractivity contribution in [1.82, 2.24) is 44.5 Å². The number of ether oxygens (including phenoxy) is 1. The van der Waals surface area contributed by atoms with Gasteiger partial charge >= 0.3 is 0 Å². The molecule has 0 aromatic carbocycles. The highest BCUT2D eigenvalue weighted by atomic mass is 16.5. The van der Waals surface area contributed by atoms with Gasteiger partial charge in [0.05, 0.1) is 25.0 Å². The minimum absolute atomic E-state index is 0.0664. The summed E-state index contributed by atoms with van der Waals surface area (Å²) in [5.74, 6) is 1.22. The van der Waals surface area contributed by atoms with Crippen molar-refractivity contribution in [2.24, 2.45) is 7.05 Å². The zero-order valence-corrected chi connectivity index (χ0v) is 22.3. The summed E-state index contributed by atoms with van der Waals surface area (Å²) < 4.78 is 6.97. The number of hydrogen-bond acceptors (Lipinski definition) is 10. The summed E-state index contributed by atoms with van der Waals surface area (Å²) in [4.78, 5) is 39.1. The lowest BCUT2D eigenvalue weighted by molar-refractivity contribution is -0.122. The topological polar surface area (TPSA) is 142 Å². The van der Waals surface area contributed by atoms with Crippen molar-refractivity contribution < 1.29 is 9.53 Å². The number of amides is 1. The third-order valence-electron chi connectivity index (χ3n) is 6.83. The molecule has 1 atom stereocenters. The van der Waals surface area contributed by atoms with Crippen LogP contribution in [0.25, 0.3) is 22.3 Å². The van der Waals surface area contributed by atoms with E-state index in [0.717, 1.165) is 43.7 Å². The Balaban J connectivity index is 1.41. The van der Waals surface area contributed by atoms with Gasteiger partial charge in [-0.25, -0.2) is 19.9 Å². The van der Waals surface area contributed by atoms with Crippen molar-refractivity contribution in [2.75, 3.05) is 51.0 Å². The highest BCUT2D eigenvalue weighted by molar-refractivity contribution is 6.03. The summed E-state index contributed by atoms with van der Waals surface area (Å²) in [5.41, 5.74) is 4.32. The highest BCUT2D eigenvalue weighted by Crippen LogP contribution is 2.32. The summed E-state index contributed by atoms with van der Waals surface area (Å²) in [6.07, 6.45) is 7.55. The molecule has 5 heterocycles. The maximum atomic E-state index is 13.3. The second-order valence-electron chi connectivity index (χ2n) is 9.48. The van der Waals surface area contributed by atoms with Crippen LogP contribution >= 0.6 is 0 Å². The molecule has 0 radical (unpaired) electrons. The number of rotatable bonds is 8.